The van der Waals surface area contributed by atoms with Crippen LogP contribution in [0.1, 0.15) is 28.4 Å². The molecule has 2 aromatic heterocycles. The maximum absolute atomic E-state index is 13.0. The molecule has 8 heteroatoms. The van der Waals surface area contributed by atoms with Crippen molar-refractivity contribution in [3.05, 3.63) is 53.4 Å². The van der Waals surface area contributed by atoms with Crippen LogP contribution in [0.4, 0.5) is 4.39 Å². The van der Waals surface area contributed by atoms with E-state index >= 15 is 0 Å². The van der Waals surface area contributed by atoms with Gasteiger partial charge in [0.1, 0.15) is 11.5 Å². The Morgan fingerprint density at radius 1 is 1.33 bits per heavy atom. The minimum atomic E-state index is -0.308. The highest BCUT2D eigenvalue weighted by Gasteiger charge is 2.29. The van der Waals surface area contributed by atoms with Crippen LogP contribution < -0.4 is 0 Å². The summed E-state index contributed by atoms with van der Waals surface area (Å²) < 4.78 is 19.9. The number of hydrogen-bond acceptors (Lipinski definition) is 5. The van der Waals surface area contributed by atoms with Gasteiger partial charge in [0.25, 0.3) is 11.8 Å². The van der Waals surface area contributed by atoms with E-state index in [2.05, 4.69) is 15.2 Å². The SMILES string of the molecule is Cc1cc(C(=O)N2CCC(Cc3noc(-c4ccc(F)cc4)n3)C2)n(C)n1. The first-order valence-electron chi connectivity index (χ1n) is 8.88. The van der Waals surface area contributed by atoms with Crippen molar-refractivity contribution in [2.75, 3.05) is 13.1 Å². The van der Waals surface area contributed by atoms with Crippen LogP contribution in [0.2, 0.25) is 0 Å². The summed E-state index contributed by atoms with van der Waals surface area (Å²) in [7, 11) is 1.78. The number of carbonyl (C=O) groups excluding carboxylic acids is 1. The Bertz CT molecular complexity index is 963. The maximum atomic E-state index is 13.0. The molecule has 1 fully saturated rings. The van der Waals surface area contributed by atoms with Crippen molar-refractivity contribution in [1.82, 2.24) is 24.8 Å². The lowest BCUT2D eigenvalue weighted by Gasteiger charge is -2.16. The third-order valence-electron chi connectivity index (χ3n) is 4.82. The van der Waals surface area contributed by atoms with Gasteiger partial charge in [-0.15, -0.1) is 0 Å². The fraction of sp³-hybridized carbons (Fsp3) is 0.368. The second-order valence-corrected chi connectivity index (χ2v) is 6.93. The van der Waals surface area contributed by atoms with Gasteiger partial charge in [0.15, 0.2) is 5.82 Å². The molecule has 1 unspecified atom stereocenters. The second kappa shape index (κ2) is 6.94. The second-order valence-electron chi connectivity index (χ2n) is 6.93. The number of aromatic nitrogens is 4. The topological polar surface area (TPSA) is 77.0 Å². The first-order valence-corrected chi connectivity index (χ1v) is 8.88. The van der Waals surface area contributed by atoms with E-state index in [4.69, 9.17) is 4.52 Å². The number of halogens is 1. The summed E-state index contributed by atoms with van der Waals surface area (Å²) in [5, 5.41) is 8.27. The van der Waals surface area contributed by atoms with E-state index in [9.17, 15) is 9.18 Å². The molecular weight excluding hydrogens is 349 g/mol. The van der Waals surface area contributed by atoms with Gasteiger partial charge in [-0.1, -0.05) is 5.16 Å². The van der Waals surface area contributed by atoms with E-state index in [1.54, 1.807) is 23.9 Å². The highest BCUT2D eigenvalue weighted by Crippen LogP contribution is 2.23. The van der Waals surface area contributed by atoms with Gasteiger partial charge in [0.05, 0.1) is 5.69 Å². The predicted octanol–water partition coefficient (Wildman–Crippen LogP) is 2.62. The Hall–Kier alpha value is -3.03. The van der Waals surface area contributed by atoms with Crippen LogP contribution in [0.15, 0.2) is 34.9 Å². The van der Waals surface area contributed by atoms with Crippen LogP contribution in [0.3, 0.4) is 0 Å². The molecule has 0 bridgehead atoms. The van der Waals surface area contributed by atoms with E-state index in [0.29, 0.717) is 42.5 Å². The Labute approximate surface area is 155 Å². The summed E-state index contributed by atoms with van der Waals surface area (Å²) in [6, 6.07) is 7.75. The molecule has 0 N–H and O–H groups in total. The molecule has 0 spiro atoms. The van der Waals surface area contributed by atoms with Crippen LogP contribution >= 0.6 is 0 Å². The van der Waals surface area contributed by atoms with Gasteiger partial charge >= 0.3 is 0 Å². The lowest BCUT2D eigenvalue weighted by atomic mass is 10.1. The number of nitrogens with zero attached hydrogens (tertiary/aromatic N) is 5. The highest BCUT2D eigenvalue weighted by molar-refractivity contribution is 5.92. The fourth-order valence-electron chi connectivity index (χ4n) is 3.46. The molecule has 1 aliphatic heterocycles. The van der Waals surface area contributed by atoms with Crippen molar-refractivity contribution in [3.63, 3.8) is 0 Å². The lowest BCUT2D eigenvalue weighted by Crippen LogP contribution is -2.30. The quantitative estimate of drug-likeness (QED) is 0.707. The molecular formula is C19H20FN5O2. The van der Waals surface area contributed by atoms with Gasteiger partial charge in [-0.25, -0.2) is 4.39 Å². The number of likely N-dealkylation sites (tertiary alicyclic amines) is 1. The van der Waals surface area contributed by atoms with E-state index in [1.807, 2.05) is 17.9 Å². The van der Waals surface area contributed by atoms with Crippen molar-refractivity contribution in [3.8, 4) is 11.5 Å². The molecule has 1 aromatic carbocycles. The number of amides is 1. The largest absolute Gasteiger partial charge is 0.337 e. The minimum absolute atomic E-state index is 0.000660. The van der Waals surface area contributed by atoms with Crippen molar-refractivity contribution in [1.29, 1.82) is 0 Å². The molecule has 0 aliphatic carbocycles. The third-order valence-corrected chi connectivity index (χ3v) is 4.82. The zero-order valence-corrected chi connectivity index (χ0v) is 15.2. The monoisotopic (exact) mass is 369 g/mol. The Kier molecular flexibility index (Phi) is 4.47. The molecule has 27 heavy (non-hydrogen) atoms. The molecule has 1 saturated heterocycles. The molecule has 4 rings (SSSR count). The van der Waals surface area contributed by atoms with Crippen LogP contribution in [0.25, 0.3) is 11.5 Å². The minimum Gasteiger partial charge on any atom is -0.337 e. The number of hydrogen-bond donors (Lipinski definition) is 0. The van der Waals surface area contributed by atoms with E-state index < -0.39 is 0 Å². The summed E-state index contributed by atoms with van der Waals surface area (Å²) in [6.45, 7) is 3.23. The molecule has 1 aliphatic rings. The molecule has 7 nitrogen and oxygen atoms in total. The zero-order valence-electron chi connectivity index (χ0n) is 15.2. The number of benzene rings is 1. The lowest BCUT2D eigenvalue weighted by molar-refractivity contribution is 0.0776. The summed E-state index contributed by atoms with van der Waals surface area (Å²) >= 11 is 0. The van der Waals surface area contributed by atoms with Gasteiger partial charge in [0.2, 0.25) is 0 Å². The number of rotatable bonds is 4. The summed E-state index contributed by atoms with van der Waals surface area (Å²) in [5.41, 5.74) is 2.12. The van der Waals surface area contributed by atoms with E-state index in [-0.39, 0.29) is 17.6 Å². The summed E-state index contributed by atoms with van der Waals surface area (Å²) in [5.74, 6) is 0.951. The van der Waals surface area contributed by atoms with E-state index in [1.165, 1.54) is 12.1 Å². The average molecular weight is 369 g/mol. The molecule has 0 radical (unpaired) electrons. The van der Waals surface area contributed by atoms with Crippen LogP contribution in [0, 0.1) is 18.7 Å². The fourth-order valence-corrected chi connectivity index (χ4v) is 3.46. The van der Waals surface area contributed by atoms with Gasteiger partial charge in [0, 0.05) is 32.1 Å². The number of carbonyl (C=O) groups is 1. The van der Waals surface area contributed by atoms with E-state index in [0.717, 1.165) is 12.1 Å². The van der Waals surface area contributed by atoms with Crippen LogP contribution in [0.5, 0.6) is 0 Å². The van der Waals surface area contributed by atoms with Crippen LogP contribution in [-0.2, 0) is 13.5 Å². The molecule has 1 amide bonds. The van der Waals surface area contributed by atoms with Crippen molar-refractivity contribution in [2.45, 2.75) is 19.8 Å². The maximum Gasteiger partial charge on any atom is 0.272 e. The van der Waals surface area contributed by atoms with Crippen LogP contribution in [-0.4, -0.2) is 43.8 Å². The smallest absolute Gasteiger partial charge is 0.272 e. The summed E-state index contributed by atoms with van der Waals surface area (Å²) in [6.07, 6.45) is 1.53. The molecule has 140 valence electrons. The molecule has 1 atom stereocenters. The highest BCUT2D eigenvalue weighted by atomic mass is 19.1. The van der Waals surface area contributed by atoms with Crippen molar-refractivity contribution in [2.24, 2.45) is 13.0 Å². The third kappa shape index (κ3) is 3.60. The normalized spacial score (nSPS) is 16.9. The van der Waals surface area contributed by atoms with Gasteiger partial charge in [-0.2, -0.15) is 10.1 Å². The standard InChI is InChI=1S/C19H20FN5O2/c1-12-9-16(24(2)22-12)19(26)25-8-7-13(11-25)10-17-21-18(27-23-17)14-3-5-15(20)6-4-14/h3-6,9,13H,7-8,10-11H2,1-2H3. The Balaban J connectivity index is 1.39. The van der Waals surface area contributed by atoms with Gasteiger partial charge in [-0.05, 0) is 49.6 Å². The van der Waals surface area contributed by atoms with Gasteiger partial charge < -0.3 is 9.42 Å². The zero-order chi connectivity index (χ0) is 19.0. The van der Waals surface area contributed by atoms with Crippen molar-refractivity contribution < 1.29 is 13.7 Å². The number of aryl methyl sites for hydroxylation is 2. The Morgan fingerprint density at radius 3 is 2.81 bits per heavy atom. The predicted molar refractivity (Wildman–Crippen MR) is 95.4 cm³/mol. The molecule has 3 aromatic rings. The first-order chi connectivity index (χ1) is 13.0. The average Bonchev–Trinajstić information content (AvgIpc) is 3.36. The summed E-state index contributed by atoms with van der Waals surface area (Å²) in [4.78, 5) is 18.9. The van der Waals surface area contributed by atoms with Gasteiger partial charge in [-0.3, -0.25) is 9.48 Å². The first kappa shape index (κ1) is 17.4. The molecule has 0 saturated carbocycles. The van der Waals surface area contributed by atoms with Crippen molar-refractivity contribution >= 4 is 5.91 Å². The molecule has 3 heterocycles. The Morgan fingerprint density at radius 2 is 2.11 bits per heavy atom.